The Morgan fingerprint density at radius 3 is 2.44 bits per heavy atom. The Hall–Kier alpha value is -0.120. The fourth-order valence-corrected chi connectivity index (χ4v) is 4.08. The standard InChI is InChI=1S/C15H28N2O/c1-2-5-14(4-1)15(12-18-13-15)6-3-9-17-10-7-16-8-11-17/h14,16H,1-13H2. The maximum Gasteiger partial charge on any atom is 0.0547 e. The molecule has 3 fully saturated rings. The number of ether oxygens (including phenoxy) is 1. The molecule has 1 N–H and O–H groups in total. The Labute approximate surface area is 111 Å². The van der Waals surface area contributed by atoms with Gasteiger partial charge in [-0.3, -0.25) is 0 Å². The predicted molar refractivity (Wildman–Crippen MR) is 73.8 cm³/mol. The van der Waals surface area contributed by atoms with Crippen LogP contribution in [0.15, 0.2) is 0 Å². The predicted octanol–water partition coefficient (Wildman–Crippen LogP) is 1.88. The van der Waals surface area contributed by atoms with Crippen LogP contribution in [0.3, 0.4) is 0 Å². The molecule has 2 aliphatic heterocycles. The second-order valence-electron chi connectivity index (χ2n) is 6.53. The van der Waals surface area contributed by atoms with Crippen molar-refractivity contribution in [3.8, 4) is 0 Å². The average molecular weight is 252 g/mol. The number of rotatable bonds is 5. The molecule has 0 aromatic rings. The maximum absolute atomic E-state index is 5.57. The van der Waals surface area contributed by atoms with Gasteiger partial charge >= 0.3 is 0 Å². The second-order valence-corrected chi connectivity index (χ2v) is 6.53. The van der Waals surface area contributed by atoms with E-state index in [0.717, 1.165) is 19.1 Å². The summed E-state index contributed by atoms with van der Waals surface area (Å²) < 4.78 is 5.57. The molecule has 104 valence electrons. The van der Waals surface area contributed by atoms with Crippen molar-refractivity contribution in [2.24, 2.45) is 11.3 Å². The first kappa shape index (κ1) is 12.9. The molecule has 18 heavy (non-hydrogen) atoms. The van der Waals surface area contributed by atoms with Gasteiger partial charge in [0.1, 0.15) is 0 Å². The molecule has 3 rings (SSSR count). The number of hydrogen-bond acceptors (Lipinski definition) is 3. The molecular formula is C15H28N2O. The molecule has 0 spiro atoms. The van der Waals surface area contributed by atoms with Gasteiger partial charge in [-0.1, -0.05) is 12.8 Å². The van der Waals surface area contributed by atoms with Gasteiger partial charge in [-0.05, 0) is 38.1 Å². The van der Waals surface area contributed by atoms with E-state index in [2.05, 4.69) is 10.2 Å². The van der Waals surface area contributed by atoms with E-state index in [-0.39, 0.29) is 0 Å². The van der Waals surface area contributed by atoms with E-state index >= 15 is 0 Å². The Balaban J connectivity index is 1.42. The van der Waals surface area contributed by atoms with Crippen molar-refractivity contribution >= 4 is 0 Å². The van der Waals surface area contributed by atoms with Crippen LogP contribution in [0.25, 0.3) is 0 Å². The summed E-state index contributed by atoms with van der Waals surface area (Å²) in [6.07, 6.45) is 8.64. The van der Waals surface area contributed by atoms with Crippen LogP contribution in [0.5, 0.6) is 0 Å². The van der Waals surface area contributed by atoms with Gasteiger partial charge < -0.3 is 15.0 Å². The van der Waals surface area contributed by atoms with Crippen molar-refractivity contribution in [1.82, 2.24) is 10.2 Å². The summed E-state index contributed by atoms with van der Waals surface area (Å²) in [6.45, 7) is 8.25. The van der Waals surface area contributed by atoms with Crippen LogP contribution in [0.1, 0.15) is 38.5 Å². The Bertz CT molecular complexity index is 253. The van der Waals surface area contributed by atoms with Crippen LogP contribution in [-0.2, 0) is 4.74 Å². The van der Waals surface area contributed by atoms with Gasteiger partial charge in [0.05, 0.1) is 13.2 Å². The minimum Gasteiger partial charge on any atom is -0.380 e. The third-order valence-electron chi connectivity index (χ3n) is 5.36. The van der Waals surface area contributed by atoms with Crippen LogP contribution in [0, 0.1) is 11.3 Å². The molecule has 2 saturated heterocycles. The van der Waals surface area contributed by atoms with Crippen LogP contribution >= 0.6 is 0 Å². The van der Waals surface area contributed by atoms with E-state index in [1.165, 1.54) is 71.2 Å². The highest BCUT2D eigenvalue weighted by atomic mass is 16.5. The lowest BCUT2D eigenvalue weighted by Gasteiger charge is -2.47. The number of piperazine rings is 1. The Morgan fingerprint density at radius 2 is 1.83 bits per heavy atom. The zero-order valence-electron chi connectivity index (χ0n) is 11.6. The third kappa shape index (κ3) is 2.73. The molecule has 1 aliphatic carbocycles. The lowest BCUT2D eigenvalue weighted by Crippen LogP contribution is -2.48. The van der Waals surface area contributed by atoms with Crippen molar-refractivity contribution in [3.05, 3.63) is 0 Å². The van der Waals surface area contributed by atoms with E-state index in [1.54, 1.807) is 0 Å². The minimum atomic E-state index is 0.588. The van der Waals surface area contributed by atoms with Crippen molar-refractivity contribution in [2.45, 2.75) is 38.5 Å². The molecule has 3 heteroatoms. The lowest BCUT2D eigenvalue weighted by atomic mass is 9.69. The molecule has 1 saturated carbocycles. The van der Waals surface area contributed by atoms with E-state index < -0.39 is 0 Å². The van der Waals surface area contributed by atoms with Crippen LogP contribution in [-0.4, -0.2) is 50.8 Å². The highest BCUT2D eigenvalue weighted by molar-refractivity contribution is 4.94. The molecule has 3 aliphatic rings. The van der Waals surface area contributed by atoms with Gasteiger partial charge in [-0.25, -0.2) is 0 Å². The zero-order valence-corrected chi connectivity index (χ0v) is 11.6. The number of nitrogens with one attached hydrogen (secondary N) is 1. The molecule has 0 aromatic carbocycles. The maximum atomic E-state index is 5.57. The Morgan fingerprint density at radius 1 is 1.11 bits per heavy atom. The highest BCUT2D eigenvalue weighted by Gasteiger charge is 2.45. The van der Waals surface area contributed by atoms with Crippen LogP contribution < -0.4 is 5.32 Å². The topological polar surface area (TPSA) is 24.5 Å². The summed E-state index contributed by atoms with van der Waals surface area (Å²) in [4.78, 5) is 2.62. The summed E-state index contributed by atoms with van der Waals surface area (Å²) in [7, 11) is 0. The fourth-order valence-electron chi connectivity index (χ4n) is 4.08. The number of hydrogen-bond donors (Lipinski definition) is 1. The number of nitrogens with zero attached hydrogens (tertiary/aromatic N) is 1. The third-order valence-corrected chi connectivity index (χ3v) is 5.36. The van der Waals surface area contributed by atoms with Gasteiger partial charge in [0, 0.05) is 31.6 Å². The molecular weight excluding hydrogens is 224 g/mol. The smallest absolute Gasteiger partial charge is 0.0547 e. The molecule has 0 amide bonds. The first-order valence-corrected chi connectivity index (χ1v) is 7.90. The van der Waals surface area contributed by atoms with Gasteiger partial charge in [0.25, 0.3) is 0 Å². The molecule has 0 atom stereocenters. The SMILES string of the molecule is C1CCC(C2(CCCN3CCNCC3)COC2)C1. The lowest BCUT2D eigenvalue weighted by molar-refractivity contribution is -0.150. The first-order chi connectivity index (χ1) is 8.89. The van der Waals surface area contributed by atoms with Gasteiger partial charge in [0.2, 0.25) is 0 Å². The van der Waals surface area contributed by atoms with Crippen molar-refractivity contribution < 1.29 is 4.74 Å². The minimum absolute atomic E-state index is 0.588. The first-order valence-electron chi connectivity index (χ1n) is 7.90. The summed E-state index contributed by atoms with van der Waals surface area (Å²) in [5, 5.41) is 3.43. The Kier molecular flexibility index (Phi) is 4.22. The largest absolute Gasteiger partial charge is 0.380 e. The van der Waals surface area contributed by atoms with E-state index in [9.17, 15) is 0 Å². The molecule has 3 nitrogen and oxygen atoms in total. The molecule has 2 heterocycles. The molecule has 0 bridgehead atoms. The van der Waals surface area contributed by atoms with Gasteiger partial charge in [-0.15, -0.1) is 0 Å². The van der Waals surface area contributed by atoms with Crippen molar-refractivity contribution in [3.63, 3.8) is 0 Å². The van der Waals surface area contributed by atoms with Crippen LogP contribution in [0.2, 0.25) is 0 Å². The fraction of sp³-hybridized carbons (Fsp3) is 1.00. The summed E-state index contributed by atoms with van der Waals surface area (Å²) in [5.74, 6) is 0.981. The van der Waals surface area contributed by atoms with E-state index in [4.69, 9.17) is 4.74 Å². The average Bonchev–Trinajstić information content (AvgIpc) is 2.88. The zero-order chi connectivity index (χ0) is 12.3. The van der Waals surface area contributed by atoms with E-state index in [1.807, 2.05) is 0 Å². The summed E-state index contributed by atoms with van der Waals surface area (Å²) in [6, 6.07) is 0. The quantitative estimate of drug-likeness (QED) is 0.808. The van der Waals surface area contributed by atoms with Crippen molar-refractivity contribution in [2.75, 3.05) is 45.9 Å². The van der Waals surface area contributed by atoms with Crippen molar-refractivity contribution in [1.29, 1.82) is 0 Å². The second kappa shape index (κ2) is 5.89. The molecule has 0 aromatic heterocycles. The van der Waals surface area contributed by atoms with E-state index in [0.29, 0.717) is 5.41 Å². The monoisotopic (exact) mass is 252 g/mol. The van der Waals surface area contributed by atoms with Gasteiger partial charge in [0.15, 0.2) is 0 Å². The molecule has 0 unspecified atom stereocenters. The van der Waals surface area contributed by atoms with Gasteiger partial charge in [-0.2, -0.15) is 0 Å². The molecule has 0 radical (unpaired) electrons. The summed E-state index contributed by atoms with van der Waals surface area (Å²) >= 11 is 0. The highest BCUT2D eigenvalue weighted by Crippen LogP contribution is 2.47. The van der Waals surface area contributed by atoms with Crippen LogP contribution in [0.4, 0.5) is 0 Å². The summed E-state index contributed by atoms with van der Waals surface area (Å²) in [5.41, 5.74) is 0.588. The normalized spacial score (nSPS) is 29.3.